The van der Waals surface area contributed by atoms with E-state index >= 15 is 0 Å². The van der Waals surface area contributed by atoms with Gasteiger partial charge >= 0.3 is 0 Å². The summed E-state index contributed by atoms with van der Waals surface area (Å²) in [7, 11) is 0. The number of carboxylic acid groups (broad SMARTS) is 1. The summed E-state index contributed by atoms with van der Waals surface area (Å²) in [6, 6.07) is 0. The highest BCUT2D eigenvalue weighted by Gasteiger charge is 1.92. The van der Waals surface area contributed by atoms with Gasteiger partial charge in [0.15, 0.2) is 0 Å². The SMILES string of the molecule is C/C(=C\C(C)Cl)C(=O)[O-]. The molecule has 0 radical (unpaired) electrons. The third-order valence-corrected chi connectivity index (χ3v) is 0.928. The zero-order valence-corrected chi connectivity index (χ0v) is 6.11. The summed E-state index contributed by atoms with van der Waals surface area (Å²) in [6.45, 7) is 3.14. The number of hydrogen-bond donors (Lipinski definition) is 0. The summed E-state index contributed by atoms with van der Waals surface area (Å²) in [5, 5.41) is 9.75. The summed E-state index contributed by atoms with van der Waals surface area (Å²) < 4.78 is 0. The van der Waals surface area contributed by atoms with Gasteiger partial charge in [0.05, 0.1) is 5.97 Å². The molecule has 0 rings (SSSR count). The molecule has 9 heavy (non-hydrogen) atoms. The lowest BCUT2D eigenvalue weighted by Gasteiger charge is -2.01. The van der Waals surface area contributed by atoms with E-state index in [1.54, 1.807) is 6.92 Å². The zero-order valence-electron chi connectivity index (χ0n) is 5.35. The van der Waals surface area contributed by atoms with Crippen molar-refractivity contribution in [2.75, 3.05) is 0 Å². The van der Waals surface area contributed by atoms with E-state index in [1.165, 1.54) is 13.0 Å². The quantitative estimate of drug-likeness (QED) is 0.417. The average Bonchev–Trinajstić information content (AvgIpc) is 1.63. The van der Waals surface area contributed by atoms with Crippen molar-refractivity contribution in [2.24, 2.45) is 0 Å². The highest BCUT2D eigenvalue weighted by molar-refractivity contribution is 6.21. The number of rotatable bonds is 2. The van der Waals surface area contributed by atoms with Crippen LogP contribution in [0.4, 0.5) is 0 Å². The van der Waals surface area contributed by atoms with Gasteiger partial charge in [0.25, 0.3) is 0 Å². The molecule has 0 bridgehead atoms. The van der Waals surface area contributed by atoms with Crippen LogP contribution < -0.4 is 5.11 Å². The summed E-state index contributed by atoms with van der Waals surface area (Å²) in [5.41, 5.74) is 0.178. The predicted octanol–water partition coefficient (Wildman–Crippen LogP) is 0.310. The van der Waals surface area contributed by atoms with E-state index in [0.717, 1.165) is 0 Å². The van der Waals surface area contributed by atoms with Crippen molar-refractivity contribution in [1.29, 1.82) is 0 Å². The van der Waals surface area contributed by atoms with Crippen LogP contribution in [0.3, 0.4) is 0 Å². The van der Waals surface area contributed by atoms with Crippen LogP contribution in [0.25, 0.3) is 0 Å². The second kappa shape index (κ2) is 3.51. The van der Waals surface area contributed by atoms with Crippen molar-refractivity contribution in [1.82, 2.24) is 0 Å². The second-order valence-electron chi connectivity index (χ2n) is 1.81. The first kappa shape index (κ1) is 8.50. The van der Waals surface area contributed by atoms with E-state index in [-0.39, 0.29) is 11.0 Å². The molecular formula is C6H8ClO2-. The van der Waals surface area contributed by atoms with Crippen LogP contribution in [0.5, 0.6) is 0 Å². The van der Waals surface area contributed by atoms with Crippen molar-refractivity contribution < 1.29 is 9.90 Å². The Bertz CT molecular complexity index is 138. The fourth-order valence-corrected chi connectivity index (χ4v) is 0.602. The largest absolute Gasteiger partial charge is 0.545 e. The number of hydrogen-bond acceptors (Lipinski definition) is 2. The van der Waals surface area contributed by atoms with Gasteiger partial charge < -0.3 is 9.90 Å². The van der Waals surface area contributed by atoms with Gasteiger partial charge in [-0.3, -0.25) is 0 Å². The van der Waals surface area contributed by atoms with E-state index < -0.39 is 5.97 Å². The van der Waals surface area contributed by atoms with Crippen LogP contribution in [-0.2, 0) is 4.79 Å². The van der Waals surface area contributed by atoms with Crippen molar-refractivity contribution in [3.63, 3.8) is 0 Å². The van der Waals surface area contributed by atoms with E-state index in [9.17, 15) is 9.90 Å². The Morgan fingerprint density at radius 3 is 2.33 bits per heavy atom. The third-order valence-electron chi connectivity index (χ3n) is 0.802. The fraction of sp³-hybridized carbons (Fsp3) is 0.500. The lowest BCUT2D eigenvalue weighted by atomic mass is 10.2. The van der Waals surface area contributed by atoms with Gasteiger partial charge in [-0.2, -0.15) is 0 Å². The maximum Gasteiger partial charge on any atom is 0.0669 e. The van der Waals surface area contributed by atoms with Crippen LogP contribution in [0.1, 0.15) is 13.8 Å². The third kappa shape index (κ3) is 4.03. The van der Waals surface area contributed by atoms with Crippen molar-refractivity contribution in [3.8, 4) is 0 Å². The highest BCUT2D eigenvalue weighted by atomic mass is 35.5. The Balaban J connectivity index is 4.00. The molecule has 1 atom stereocenters. The minimum absolute atomic E-state index is 0.178. The zero-order chi connectivity index (χ0) is 7.44. The lowest BCUT2D eigenvalue weighted by molar-refractivity contribution is -0.299. The maximum absolute atomic E-state index is 10.00. The molecular weight excluding hydrogens is 140 g/mol. The van der Waals surface area contributed by atoms with Crippen LogP contribution in [0.2, 0.25) is 0 Å². The molecule has 0 saturated carbocycles. The molecule has 0 spiro atoms. The highest BCUT2D eigenvalue weighted by Crippen LogP contribution is 1.99. The Morgan fingerprint density at radius 2 is 2.22 bits per heavy atom. The van der Waals surface area contributed by atoms with Crippen molar-refractivity contribution in [3.05, 3.63) is 11.6 Å². The lowest BCUT2D eigenvalue weighted by Crippen LogP contribution is -2.23. The fourth-order valence-electron chi connectivity index (χ4n) is 0.413. The molecule has 1 unspecified atom stereocenters. The molecule has 0 amide bonds. The average molecular weight is 148 g/mol. The minimum Gasteiger partial charge on any atom is -0.545 e. The number of carbonyl (C=O) groups is 1. The van der Waals surface area contributed by atoms with Gasteiger partial charge in [0.1, 0.15) is 0 Å². The van der Waals surface area contributed by atoms with E-state index in [1.807, 2.05) is 0 Å². The normalized spacial score (nSPS) is 15.2. The van der Waals surface area contributed by atoms with E-state index in [4.69, 9.17) is 11.6 Å². The topological polar surface area (TPSA) is 40.1 Å². The van der Waals surface area contributed by atoms with E-state index in [0.29, 0.717) is 0 Å². The van der Waals surface area contributed by atoms with Gasteiger partial charge in [0.2, 0.25) is 0 Å². The van der Waals surface area contributed by atoms with Crippen LogP contribution >= 0.6 is 11.6 Å². The Hall–Kier alpha value is -0.500. The monoisotopic (exact) mass is 147 g/mol. The minimum atomic E-state index is -1.16. The Morgan fingerprint density at radius 1 is 1.78 bits per heavy atom. The smallest absolute Gasteiger partial charge is 0.0669 e. The molecule has 0 N–H and O–H groups in total. The number of halogens is 1. The Kier molecular flexibility index (Phi) is 3.32. The number of aliphatic carboxylic acids is 1. The number of carboxylic acids is 1. The first-order valence-electron chi connectivity index (χ1n) is 2.58. The summed E-state index contributed by atoms with van der Waals surface area (Å²) in [6.07, 6.45) is 1.43. The molecule has 0 aromatic carbocycles. The molecule has 0 aliphatic rings. The molecule has 0 aromatic rings. The maximum atomic E-state index is 10.00. The van der Waals surface area contributed by atoms with Crippen molar-refractivity contribution >= 4 is 17.6 Å². The molecule has 0 fully saturated rings. The summed E-state index contributed by atoms with van der Waals surface area (Å²) in [5.74, 6) is -1.16. The summed E-state index contributed by atoms with van der Waals surface area (Å²) in [4.78, 5) is 10.00. The molecule has 0 saturated heterocycles. The van der Waals surface area contributed by atoms with Gasteiger partial charge in [-0.1, -0.05) is 6.08 Å². The predicted molar refractivity (Wildman–Crippen MR) is 34.1 cm³/mol. The Labute approximate surface area is 59.1 Å². The molecule has 0 aliphatic heterocycles. The van der Waals surface area contributed by atoms with Gasteiger partial charge in [-0.05, 0) is 19.4 Å². The van der Waals surface area contributed by atoms with Crippen LogP contribution in [0, 0.1) is 0 Å². The van der Waals surface area contributed by atoms with Crippen LogP contribution in [0.15, 0.2) is 11.6 Å². The first-order valence-corrected chi connectivity index (χ1v) is 3.01. The van der Waals surface area contributed by atoms with Gasteiger partial charge in [-0.25, -0.2) is 0 Å². The first-order chi connectivity index (χ1) is 4.04. The van der Waals surface area contributed by atoms with Crippen LogP contribution in [-0.4, -0.2) is 11.3 Å². The molecule has 52 valence electrons. The van der Waals surface area contributed by atoms with E-state index in [2.05, 4.69) is 0 Å². The van der Waals surface area contributed by atoms with Gasteiger partial charge in [-0.15, -0.1) is 11.6 Å². The number of alkyl halides is 1. The molecule has 3 heteroatoms. The standard InChI is InChI=1S/C6H9ClO2/c1-4(6(8)9)3-5(2)7/h3,5H,1-2H3,(H,8,9)/p-1/b4-3+. The molecule has 2 nitrogen and oxygen atoms in total. The number of carbonyl (C=O) groups excluding carboxylic acids is 1. The second-order valence-corrected chi connectivity index (χ2v) is 2.50. The number of allylic oxidation sites excluding steroid dienone is 1. The summed E-state index contributed by atoms with van der Waals surface area (Å²) >= 11 is 5.45. The molecule has 0 aromatic heterocycles. The molecule has 0 aliphatic carbocycles. The van der Waals surface area contributed by atoms with Gasteiger partial charge in [0, 0.05) is 5.38 Å². The van der Waals surface area contributed by atoms with Crippen molar-refractivity contribution in [2.45, 2.75) is 19.2 Å². The molecule has 0 heterocycles.